The minimum absolute atomic E-state index is 0.0163. The Morgan fingerprint density at radius 1 is 1.28 bits per heavy atom. The molecule has 0 fully saturated rings. The second-order valence-corrected chi connectivity index (χ2v) is 5.83. The largest absolute Gasteiger partial charge is 0.444 e. The normalized spacial score (nSPS) is 13.1. The van der Waals surface area contributed by atoms with Gasteiger partial charge in [-0.1, -0.05) is 13.8 Å². The highest BCUT2D eigenvalue weighted by molar-refractivity contribution is 7.80. The number of carbonyl (C=O) groups excluding carboxylic acids is 2. The Morgan fingerprint density at radius 2 is 1.83 bits per heavy atom. The van der Waals surface area contributed by atoms with Gasteiger partial charge in [0.15, 0.2) is 0 Å². The highest BCUT2D eigenvalue weighted by Gasteiger charge is 2.26. The van der Waals surface area contributed by atoms with Crippen LogP contribution in [0.2, 0.25) is 0 Å². The van der Waals surface area contributed by atoms with E-state index in [1.807, 2.05) is 13.8 Å². The summed E-state index contributed by atoms with van der Waals surface area (Å²) in [6, 6.07) is -0.597. The SMILES string of the molecule is CC(C)C(NC(=O)OC(C)(C)C)C(=O)NCCS. The second-order valence-electron chi connectivity index (χ2n) is 5.38. The molecule has 0 aliphatic heterocycles. The lowest BCUT2D eigenvalue weighted by atomic mass is 10.0. The summed E-state index contributed by atoms with van der Waals surface area (Å²) in [5.74, 6) is 0.325. The Labute approximate surface area is 114 Å². The predicted molar refractivity (Wildman–Crippen MR) is 74.9 cm³/mol. The van der Waals surface area contributed by atoms with E-state index in [1.165, 1.54) is 0 Å². The summed E-state index contributed by atoms with van der Waals surface area (Å²) in [4.78, 5) is 23.5. The maximum absolute atomic E-state index is 11.8. The van der Waals surface area contributed by atoms with Crippen molar-refractivity contribution in [2.24, 2.45) is 5.92 Å². The van der Waals surface area contributed by atoms with Crippen LogP contribution in [0.25, 0.3) is 0 Å². The van der Waals surface area contributed by atoms with Crippen molar-refractivity contribution in [2.45, 2.75) is 46.3 Å². The molecule has 106 valence electrons. The molecule has 0 spiro atoms. The van der Waals surface area contributed by atoms with Crippen LogP contribution in [0.3, 0.4) is 0 Å². The molecule has 0 saturated carbocycles. The van der Waals surface area contributed by atoms with Crippen molar-refractivity contribution in [3.05, 3.63) is 0 Å². The molecule has 0 bridgehead atoms. The predicted octanol–water partition coefficient (Wildman–Crippen LogP) is 1.58. The average molecular weight is 276 g/mol. The zero-order chi connectivity index (χ0) is 14.3. The number of thiol groups is 1. The minimum atomic E-state index is -0.597. The molecule has 0 radical (unpaired) electrons. The first-order valence-electron chi connectivity index (χ1n) is 6.05. The molecule has 1 unspecified atom stereocenters. The topological polar surface area (TPSA) is 67.4 Å². The first kappa shape index (κ1) is 17.1. The van der Waals surface area contributed by atoms with Crippen molar-refractivity contribution in [1.82, 2.24) is 10.6 Å². The van der Waals surface area contributed by atoms with E-state index in [0.29, 0.717) is 12.3 Å². The van der Waals surface area contributed by atoms with Gasteiger partial charge in [-0.15, -0.1) is 0 Å². The van der Waals surface area contributed by atoms with Gasteiger partial charge in [0.2, 0.25) is 5.91 Å². The Balaban J connectivity index is 4.45. The van der Waals surface area contributed by atoms with Gasteiger partial charge >= 0.3 is 6.09 Å². The zero-order valence-corrected chi connectivity index (χ0v) is 12.6. The Morgan fingerprint density at radius 3 is 2.22 bits per heavy atom. The Kier molecular flexibility index (Phi) is 7.13. The van der Waals surface area contributed by atoms with Gasteiger partial charge in [0.25, 0.3) is 0 Å². The van der Waals surface area contributed by atoms with E-state index in [9.17, 15) is 9.59 Å². The van der Waals surface area contributed by atoms with Gasteiger partial charge in [0.05, 0.1) is 0 Å². The number of ether oxygens (including phenoxy) is 1. The molecule has 0 rings (SSSR count). The molecule has 0 aliphatic carbocycles. The molecule has 0 aromatic rings. The fraction of sp³-hybridized carbons (Fsp3) is 0.833. The van der Waals surface area contributed by atoms with E-state index in [2.05, 4.69) is 23.3 Å². The van der Waals surface area contributed by atoms with Crippen molar-refractivity contribution >= 4 is 24.6 Å². The number of carbonyl (C=O) groups is 2. The number of nitrogens with one attached hydrogen (secondary N) is 2. The quantitative estimate of drug-likeness (QED) is 0.668. The molecule has 0 aliphatic rings. The fourth-order valence-corrected chi connectivity index (χ4v) is 1.37. The highest BCUT2D eigenvalue weighted by atomic mass is 32.1. The number of rotatable bonds is 5. The van der Waals surface area contributed by atoms with Gasteiger partial charge in [-0.05, 0) is 26.7 Å². The summed E-state index contributed by atoms with van der Waals surface area (Å²) in [5, 5.41) is 5.28. The molecule has 5 nitrogen and oxygen atoms in total. The lowest BCUT2D eigenvalue weighted by Crippen LogP contribution is -2.51. The molecule has 2 amide bonds. The molecular weight excluding hydrogens is 252 g/mol. The van der Waals surface area contributed by atoms with E-state index < -0.39 is 17.7 Å². The molecule has 2 N–H and O–H groups in total. The van der Waals surface area contributed by atoms with Crippen LogP contribution in [0.15, 0.2) is 0 Å². The summed E-state index contributed by atoms with van der Waals surface area (Å²) in [5.41, 5.74) is -0.576. The number of amides is 2. The van der Waals surface area contributed by atoms with Crippen LogP contribution in [-0.4, -0.2) is 35.9 Å². The molecule has 0 aromatic carbocycles. The molecule has 6 heteroatoms. The monoisotopic (exact) mass is 276 g/mol. The van der Waals surface area contributed by atoms with E-state index in [4.69, 9.17) is 4.74 Å². The second kappa shape index (κ2) is 7.51. The van der Waals surface area contributed by atoms with Crippen molar-refractivity contribution < 1.29 is 14.3 Å². The van der Waals surface area contributed by atoms with Crippen LogP contribution >= 0.6 is 12.6 Å². The van der Waals surface area contributed by atoms with Crippen molar-refractivity contribution in [3.63, 3.8) is 0 Å². The van der Waals surface area contributed by atoms with E-state index in [0.717, 1.165) is 0 Å². The molecule has 18 heavy (non-hydrogen) atoms. The smallest absolute Gasteiger partial charge is 0.408 e. The van der Waals surface area contributed by atoms with E-state index in [-0.39, 0.29) is 11.8 Å². The molecule has 0 heterocycles. The maximum Gasteiger partial charge on any atom is 0.408 e. The third kappa shape index (κ3) is 7.42. The van der Waals surface area contributed by atoms with Gasteiger partial charge in [0, 0.05) is 12.3 Å². The van der Waals surface area contributed by atoms with Gasteiger partial charge in [-0.3, -0.25) is 4.79 Å². The van der Waals surface area contributed by atoms with Crippen LogP contribution in [0.4, 0.5) is 4.79 Å². The number of hydrogen-bond acceptors (Lipinski definition) is 4. The number of hydrogen-bond donors (Lipinski definition) is 3. The van der Waals surface area contributed by atoms with Gasteiger partial charge in [0.1, 0.15) is 11.6 Å². The van der Waals surface area contributed by atoms with E-state index >= 15 is 0 Å². The zero-order valence-electron chi connectivity index (χ0n) is 11.7. The fourth-order valence-electron chi connectivity index (χ4n) is 1.26. The van der Waals surface area contributed by atoms with Crippen LogP contribution in [0.1, 0.15) is 34.6 Å². The third-order valence-corrected chi connectivity index (χ3v) is 2.26. The lowest BCUT2D eigenvalue weighted by molar-refractivity contribution is -0.124. The standard InChI is InChI=1S/C12H24N2O3S/c1-8(2)9(10(15)13-6-7-18)14-11(16)17-12(3,4)5/h8-9,18H,6-7H2,1-5H3,(H,13,15)(H,14,16). The third-order valence-electron chi connectivity index (χ3n) is 2.03. The molecular formula is C12H24N2O3S. The van der Waals surface area contributed by atoms with Crippen LogP contribution < -0.4 is 10.6 Å². The summed E-state index contributed by atoms with van der Waals surface area (Å²) in [7, 11) is 0. The summed E-state index contributed by atoms with van der Waals surface area (Å²) >= 11 is 4.01. The first-order chi connectivity index (χ1) is 8.17. The van der Waals surface area contributed by atoms with Crippen LogP contribution in [0.5, 0.6) is 0 Å². The Bertz CT molecular complexity index is 288. The molecule has 0 saturated heterocycles. The van der Waals surface area contributed by atoms with Gasteiger partial charge in [-0.2, -0.15) is 12.6 Å². The molecule has 0 aromatic heterocycles. The Hall–Kier alpha value is -0.910. The van der Waals surface area contributed by atoms with Crippen molar-refractivity contribution in [3.8, 4) is 0 Å². The van der Waals surface area contributed by atoms with Crippen molar-refractivity contribution in [1.29, 1.82) is 0 Å². The van der Waals surface area contributed by atoms with Gasteiger partial charge in [-0.25, -0.2) is 4.79 Å². The molecule has 1 atom stereocenters. The first-order valence-corrected chi connectivity index (χ1v) is 6.68. The number of alkyl carbamates (subject to hydrolysis) is 1. The lowest BCUT2D eigenvalue weighted by Gasteiger charge is -2.25. The van der Waals surface area contributed by atoms with E-state index in [1.54, 1.807) is 20.8 Å². The summed E-state index contributed by atoms with van der Waals surface area (Å²) in [6.07, 6.45) is -0.581. The van der Waals surface area contributed by atoms with Crippen molar-refractivity contribution in [2.75, 3.05) is 12.3 Å². The summed E-state index contributed by atoms with van der Waals surface area (Å²) < 4.78 is 5.13. The van der Waals surface area contributed by atoms with Crippen LogP contribution in [-0.2, 0) is 9.53 Å². The average Bonchev–Trinajstić information content (AvgIpc) is 2.19. The summed E-state index contributed by atoms with van der Waals surface area (Å²) in [6.45, 7) is 9.53. The van der Waals surface area contributed by atoms with Crippen LogP contribution in [0, 0.1) is 5.92 Å². The highest BCUT2D eigenvalue weighted by Crippen LogP contribution is 2.08. The van der Waals surface area contributed by atoms with Gasteiger partial charge < -0.3 is 15.4 Å². The maximum atomic E-state index is 11.8. The minimum Gasteiger partial charge on any atom is -0.444 e.